The van der Waals surface area contributed by atoms with Crippen LogP contribution < -0.4 is 5.32 Å². The van der Waals surface area contributed by atoms with Crippen molar-refractivity contribution in [2.24, 2.45) is 11.8 Å². The molecular weight excluding hydrogens is 238 g/mol. The van der Waals surface area contributed by atoms with Crippen molar-refractivity contribution in [1.29, 1.82) is 0 Å². The van der Waals surface area contributed by atoms with E-state index in [1.165, 1.54) is 25.3 Å². The Morgan fingerprint density at radius 3 is 2.32 bits per heavy atom. The highest BCUT2D eigenvalue weighted by atomic mass is 16.3. The molecule has 3 nitrogen and oxygen atoms in total. The second kappa shape index (κ2) is 5.83. The summed E-state index contributed by atoms with van der Waals surface area (Å²) < 4.78 is 0. The molecule has 4 unspecified atom stereocenters. The second-order valence-electron chi connectivity index (χ2n) is 6.17. The molecule has 3 heteroatoms. The van der Waals surface area contributed by atoms with Crippen molar-refractivity contribution in [2.45, 2.75) is 52.1 Å². The van der Waals surface area contributed by atoms with E-state index in [2.05, 4.69) is 26.1 Å². The van der Waals surface area contributed by atoms with Gasteiger partial charge in [-0.05, 0) is 55.7 Å². The highest BCUT2D eigenvalue weighted by molar-refractivity contribution is 5.38. The van der Waals surface area contributed by atoms with E-state index in [1.54, 1.807) is 12.1 Å². The van der Waals surface area contributed by atoms with Crippen LogP contribution in [0.15, 0.2) is 18.2 Å². The molecule has 4 atom stereocenters. The van der Waals surface area contributed by atoms with Crippen molar-refractivity contribution in [2.75, 3.05) is 0 Å². The highest BCUT2D eigenvalue weighted by Gasteiger charge is 2.26. The Morgan fingerprint density at radius 1 is 1.11 bits per heavy atom. The quantitative estimate of drug-likeness (QED) is 0.781. The molecular formula is C16H25NO2. The first-order valence-corrected chi connectivity index (χ1v) is 7.24. The summed E-state index contributed by atoms with van der Waals surface area (Å²) in [6.07, 6.45) is 3.76. The third-order valence-electron chi connectivity index (χ3n) is 4.32. The fourth-order valence-electron chi connectivity index (χ4n) is 3.20. The molecule has 1 aliphatic carbocycles. The third kappa shape index (κ3) is 3.63. The molecule has 0 saturated heterocycles. The maximum absolute atomic E-state index is 9.55. The zero-order valence-electron chi connectivity index (χ0n) is 12.1. The van der Waals surface area contributed by atoms with Crippen molar-refractivity contribution < 1.29 is 10.2 Å². The van der Waals surface area contributed by atoms with Crippen molar-refractivity contribution >= 4 is 0 Å². The molecule has 19 heavy (non-hydrogen) atoms. The molecule has 0 aromatic heterocycles. The molecule has 1 fully saturated rings. The smallest absolute Gasteiger partial charge is 0.119 e. The third-order valence-corrected chi connectivity index (χ3v) is 4.32. The van der Waals surface area contributed by atoms with Gasteiger partial charge in [0.25, 0.3) is 0 Å². The van der Waals surface area contributed by atoms with Crippen LogP contribution in [-0.4, -0.2) is 16.3 Å². The molecule has 106 valence electrons. The zero-order chi connectivity index (χ0) is 14.0. The van der Waals surface area contributed by atoms with Crippen LogP contribution in [0.3, 0.4) is 0 Å². The normalized spacial score (nSPS) is 29.1. The maximum atomic E-state index is 9.55. The Kier molecular flexibility index (Phi) is 4.35. The molecule has 1 aliphatic rings. The number of nitrogens with one attached hydrogen (secondary N) is 1. The molecule has 0 amide bonds. The van der Waals surface area contributed by atoms with Gasteiger partial charge in [-0.1, -0.05) is 13.8 Å². The Bertz CT molecular complexity index is 413. The fraction of sp³-hybridized carbons (Fsp3) is 0.625. The van der Waals surface area contributed by atoms with Gasteiger partial charge >= 0.3 is 0 Å². The van der Waals surface area contributed by atoms with E-state index in [0.29, 0.717) is 12.0 Å². The number of phenolic OH excluding ortho intramolecular Hbond substituents is 2. The van der Waals surface area contributed by atoms with Crippen LogP contribution in [0, 0.1) is 11.8 Å². The molecule has 0 radical (unpaired) electrons. The molecule has 3 N–H and O–H groups in total. The fourth-order valence-corrected chi connectivity index (χ4v) is 3.20. The van der Waals surface area contributed by atoms with Crippen molar-refractivity contribution in [3.05, 3.63) is 23.8 Å². The lowest BCUT2D eigenvalue weighted by Crippen LogP contribution is -2.40. The standard InChI is InChI=1S/C16H25NO2/c1-10-4-5-16(11(2)6-10)17-12(3)13-7-14(18)9-15(19)8-13/h7-12,16-19H,4-6H2,1-3H3. The van der Waals surface area contributed by atoms with Gasteiger partial charge in [0, 0.05) is 18.2 Å². The van der Waals surface area contributed by atoms with Crippen molar-refractivity contribution in [3.63, 3.8) is 0 Å². The van der Waals surface area contributed by atoms with Crippen LogP contribution in [0.2, 0.25) is 0 Å². The molecule has 1 aromatic carbocycles. The molecule has 0 spiro atoms. The van der Waals surface area contributed by atoms with E-state index in [-0.39, 0.29) is 17.5 Å². The minimum atomic E-state index is 0.119. The summed E-state index contributed by atoms with van der Waals surface area (Å²) in [5, 5.41) is 22.7. The zero-order valence-corrected chi connectivity index (χ0v) is 12.1. The lowest BCUT2D eigenvalue weighted by Gasteiger charge is -2.35. The predicted molar refractivity (Wildman–Crippen MR) is 77.3 cm³/mol. The average molecular weight is 263 g/mol. The van der Waals surface area contributed by atoms with Crippen molar-refractivity contribution in [1.82, 2.24) is 5.32 Å². The Hall–Kier alpha value is -1.22. The summed E-state index contributed by atoms with van der Waals surface area (Å²) in [7, 11) is 0. The first-order chi connectivity index (χ1) is 8.95. The van der Waals surface area contributed by atoms with E-state index in [9.17, 15) is 10.2 Å². The topological polar surface area (TPSA) is 52.5 Å². The van der Waals surface area contributed by atoms with E-state index in [0.717, 1.165) is 11.5 Å². The van der Waals surface area contributed by atoms with Gasteiger partial charge in [0.2, 0.25) is 0 Å². The van der Waals surface area contributed by atoms with E-state index >= 15 is 0 Å². The minimum Gasteiger partial charge on any atom is -0.508 e. The van der Waals surface area contributed by atoms with E-state index in [1.807, 2.05) is 0 Å². The van der Waals surface area contributed by atoms with Crippen LogP contribution in [0.5, 0.6) is 11.5 Å². The van der Waals surface area contributed by atoms with Gasteiger partial charge in [-0.2, -0.15) is 0 Å². The van der Waals surface area contributed by atoms with Gasteiger partial charge in [0.05, 0.1) is 0 Å². The largest absolute Gasteiger partial charge is 0.508 e. The minimum absolute atomic E-state index is 0.119. The summed E-state index contributed by atoms with van der Waals surface area (Å²) in [6.45, 7) is 6.71. The van der Waals surface area contributed by atoms with Crippen LogP contribution in [0.1, 0.15) is 51.6 Å². The van der Waals surface area contributed by atoms with Gasteiger partial charge in [0.15, 0.2) is 0 Å². The lowest BCUT2D eigenvalue weighted by atomic mass is 9.79. The number of hydrogen-bond donors (Lipinski definition) is 3. The van der Waals surface area contributed by atoms with Crippen molar-refractivity contribution in [3.8, 4) is 11.5 Å². The molecule has 0 bridgehead atoms. The molecule has 1 saturated carbocycles. The predicted octanol–water partition coefficient (Wildman–Crippen LogP) is 3.57. The summed E-state index contributed by atoms with van der Waals surface area (Å²) in [5.74, 6) is 1.74. The summed E-state index contributed by atoms with van der Waals surface area (Å²) >= 11 is 0. The molecule has 2 rings (SSSR count). The molecule has 1 aromatic rings. The summed E-state index contributed by atoms with van der Waals surface area (Å²) in [6, 6.07) is 5.46. The van der Waals surface area contributed by atoms with Crippen LogP contribution in [0.25, 0.3) is 0 Å². The van der Waals surface area contributed by atoms with Crippen LogP contribution in [0.4, 0.5) is 0 Å². The number of rotatable bonds is 3. The van der Waals surface area contributed by atoms with Gasteiger partial charge < -0.3 is 15.5 Å². The Labute approximate surface area is 115 Å². The molecule has 0 aliphatic heterocycles. The SMILES string of the molecule is CC1CCC(NC(C)c2cc(O)cc(O)c2)C(C)C1. The first-order valence-electron chi connectivity index (χ1n) is 7.24. The monoisotopic (exact) mass is 263 g/mol. The van der Waals surface area contributed by atoms with Crippen LogP contribution in [-0.2, 0) is 0 Å². The lowest BCUT2D eigenvalue weighted by molar-refractivity contribution is 0.216. The summed E-state index contributed by atoms with van der Waals surface area (Å²) in [5.41, 5.74) is 0.934. The second-order valence-corrected chi connectivity index (χ2v) is 6.17. The highest BCUT2D eigenvalue weighted by Crippen LogP contribution is 2.31. The Morgan fingerprint density at radius 2 is 1.74 bits per heavy atom. The molecule has 0 heterocycles. The number of benzene rings is 1. The van der Waals surface area contributed by atoms with E-state index < -0.39 is 0 Å². The van der Waals surface area contributed by atoms with Gasteiger partial charge in [-0.25, -0.2) is 0 Å². The van der Waals surface area contributed by atoms with Gasteiger partial charge in [-0.3, -0.25) is 0 Å². The average Bonchev–Trinajstić information content (AvgIpc) is 2.31. The number of aromatic hydroxyl groups is 2. The van der Waals surface area contributed by atoms with Gasteiger partial charge in [-0.15, -0.1) is 0 Å². The Balaban J connectivity index is 2.02. The maximum Gasteiger partial charge on any atom is 0.119 e. The van der Waals surface area contributed by atoms with Crippen LogP contribution >= 0.6 is 0 Å². The number of phenols is 2. The van der Waals surface area contributed by atoms with E-state index in [4.69, 9.17) is 0 Å². The first kappa shape index (κ1) is 14.2. The number of hydrogen-bond acceptors (Lipinski definition) is 3. The summed E-state index contributed by atoms with van der Waals surface area (Å²) in [4.78, 5) is 0. The van der Waals surface area contributed by atoms with Gasteiger partial charge in [0.1, 0.15) is 11.5 Å².